The topological polar surface area (TPSA) is 45.6 Å². The van der Waals surface area contributed by atoms with Gasteiger partial charge in [0, 0.05) is 50.0 Å². The second-order valence-corrected chi connectivity index (χ2v) is 7.94. The van der Waals surface area contributed by atoms with Crippen LogP contribution in [0.25, 0.3) is 0 Å². The van der Waals surface area contributed by atoms with Crippen LogP contribution in [0.15, 0.2) is 77.7 Å². The maximum absolute atomic E-state index is 13.0. The van der Waals surface area contributed by atoms with Crippen molar-refractivity contribution < 1.29 is 4.79 Å². The van der Waals surface area contributed by atoms with Gasteiger partial charge in [-0.3, -0.25) is 14.5 Å². The fraction of sp³-hybridized carbons (Fsp3) is 0.250. The molecule has 0 aliphatic carbocycles. The van der Waals surface area contributed by atoms with Crippen LogP contribution in [0.4, 0.5) is 0 Å². The fourth-order valence-electron chi connectivity index (χ4n) is 3.72. The van der Waals surface area contributed by atoms with Gasteiger partial charge in [-0.05, 0) is 23.3 Å². The minimum atomic E-state index is -0.154. The maximum Gasteiger partial charge on any atom is 0.255 e. The molecule has 0 N–H and O–H groups in total. The van der Waals surface area contributed by atoms with E-state index in [9.17, 15) is 9.59 Å². The van der Waals surface area contributed by atoms with Crippen molar-refractivity contribution in [3.63, 3.8) is 0 Å². The maximum atomic E-state index is 13.0. The molecule has 1 aliphatic heterocycles. The Morgan fingerprint density at radius 2 is 1.53 bits per heavy atom. The van der Waals surface area contributed by atoms with E-state index in [-0.39, 0.29) is 11.5 Å². The zero-order chi connectivity index (χ0) is 20.9. The van der Waals surface area contributed by atoms with Gasteiger partial charge in [0.1, 0.15) is 0 Å². The van der Waals surface area contributed by atoms with Crippen molar-refractivity contribution in [3.8, 4) is 0 Å². The van der Waals surface area contributed by atoms with Crippen molar-refractivity contribution in [1.29, 1.82) is 0 Å². The highest BCUT2D eigenvalue weighted by atomic mass is 35.5. The summed E-state index contributed by atoms with van der Waals surface area (Å²) in [6, 6.07) is 20.9. The molecule has 154 valence electrons. The van der Waals surface area contributed by atoms with E-state index >= 15 is 0 Å². The third-order valence-corrected chi connectivity index (χ3v) is 5.81. The fourth-order valence-corrected chi connectivity index (χ4v) is 3.92. The SMILES string of the molecule is O=C(c1ccc(=O)n(Cc2ccccc2Cl)c1)N1CCN(Cc2ccccc2)CC1. The lowest BCUT2D eigenvalue weighted by Gasteiger charge is -2.34. The number of halogens is 1. The number of aromatic nitrogens is 1. The smallest absolute Gasteiger partial charge is 0.255 e. The van der Waals surface area contributed by atoms with Crippen LogP contribution in [0.1, 0.15) is 21.5 Å². The molecule has 4 rings (SSSR count). The van der Waals surface area contributed by atoms with Gasteiger partial charge in [-0.25, -0.2) is 0 Å². The van der Waals surface area contributed by atoms with Gasteiger partial charge in [0.25, 0.3) is 11.5 Å². The first-order valence-corrected chi connectivity index (χ1v) is 10.5. The van der Waals surface area contributed by atoms with Crippen molar-refractivity contribution in [2.24, 2.45) is 0 Å². The van der Waals surface area contributed by atoms with Gasteiger partial charge in [-0.1, -0.05) is 60.1 Å². The minimum Gasteiger partial charge on any atom is -0.336 e. The van der Waals surface area contributed by atoms with E-state index in [1.54, 1.807) is 22.9 Å². The first-order valence-electron chi connectivity index (χ1n) is 10.1. The Balaban J connectivity index is 1.41. The summed E-state index contributed by atoms with van der Waals surface area (Å²) in [5, 5.41) is 0.607. The van der Waals surface area contributed by atoms with Crippen molar-refractivity contribution in [2.75, 3.05) is 26.2 Å². The predicted octanol–water partition coefficient (Wildman–Crippen LogP) is 3.51. The molecule has 0 bridgehead atoms. The summed E-state index contributed by atoms with van der Waals surface area (Å²) in [7, 11) is 0. The van der Waals surface area contributed by atoms with Crippen LogP contribution < -0.4 is 5.56 Å². The summed E-state index contributed by atoms with van der Waals surface area (Å²) >= 11 is 6.23. The number of benzene rings is 2. The van der Waals surface area contributed by atoms with E-state index in [1.165, 1.54) is 11.6 Å². The highest BCUT2D eigenvalue weighted by molar-refractivity contribution is 6.31. The second-order valence-electron chi connectivity index (χ2n) is 7.53. The quantitative estimate of drug-likeness (QED) is 0.633. The van der Waals surface area contributed by atoms with Gasteiger partial charge in [0.15, 0.2) is 0 Å². The molecule has 1 fully saturated rings. The van der Waals surface area contributed by atoms with E-state index in [0.717, 1.165) is 25.2 Å². The highest BCUT2D eigenvalue weighted by Gasteiger charge is 2.22. The molecule has 30 heavy (non-hydrogen) atoms. The average Bonchev–Trinajstić information content (AvgIpc) is 2.77. The molecule has 3 aromatic rings. The molecule has 2 aromatic carbocycles. The molecular formula is C24H24ClN3O2. The number of hydrogen-bond acceptors (Lipinski definition) is 3. The molecule has 1 saturated heterocycles. The molecule has 6 heteroatoms. The third kappa shape index (κ3) is 4.81. The van der Waals surface area contributed by atoms with Gasteiger partial charge < -0.3 is 9.47 Å². The van der Waals surface area contributed by atoms with Gasteiger partial charge in [-0.15, -0.1) is 0 Å². The minimum absolute atomic E-state index is 0.0396. The third-order valence-electron chi connectivity index (χ3n) is 5.44. The van der Waals surface area contributed by atoms with Crippen molar-refractivity contribution in [1.82, 2.24) is 14.4 Å². The summed E-state index contributed by atoms with van der Waals surface area (Å²) in [5.74, 6) is -0.0396. The average molecular weight is 422 g/mol. The normalized spacial score (nSPS) is 14.6. The molecule has 0 spiro atoms. The predicted molar refractivity (Wildman–Crippen MR) is 119 cm³/mol. The number of pyridine rings is 1. The van der Waals surface area contributed by atoms with Crippen LogP contribution >= 0.6 is 11.6 Å². The molecule has 1 aromatic heterocycles. The van der Waals surface area contributed by atoms with Crippen molar-refractivity contribution >= 4 is 17.5 Å². The molecule has 0 atom stereocenters. The van der Waals surface area contributed by atoms with Gasteiger partial charge in [-0.2, -0.15) is 0 Å². The van der Waals surface area contributed by atoms with Crippen LogP contribution in [-0.2, 0) is 13.1 Å². The number of hydrogen-bond donors (Lipinski definition) is 0. The summed E-state index contributed by atoms with van der Waals surface area (Å²) in [6.07, 6.45) is 1.64. The highest BCUT2D eigenvalue weighted by Crippen LogP contribution is 2.16. The van der Waals surface area contributed by atoms with E-state index < -0.39 is 0 Å². The van der Waals surface area contributed by atoms with Gasteiger partial charge >= 0.3 is 0 Å². The van der Waals surface area contributed by atoms with Crippen molar-refractivity contribution in [3.05, 3.63) is 105 Å². The summed E-state index contributed by atoms with van der Waals surface area (Å²) in [4.78, 5) is 29.5. The molecule has 0 saturated carbocycles. The molecule has 2 heterocycles. The lowest BCUT2D eigenvalue weighted by Crippen LogP contribution is -2.48. The van der Waals surface area contributed by atoms with Crippen LogP contribution in [0, 0.1) is 0 Å². The Morgan fingerprint density at radius 3 is 2.27 bits per heavy atom. The first kappa shape index (κ1) is 20.4. The first-order chi connectivity index (χ1) is 14.6. The number of nitrogens with zero attached hydrogens (tertiary/aromatic N) is 3. The summed E-state index contributed by atoms with van der Waals surface area (Å²) in [5.41, 5.74) is 2.50. The van der Waals surface area contributed by atoms with Gasteiger partial charge in [0.2, 0.25) is 0 Å². The lowest BCUT2D eigenvalue weighted by molar-refractivity contribution is 0.0627. The second kappa shape index (κ2) is 9.28. The molecule has 0 unspecified atom stereocenters. The monoisotopic (exact) mass is 421 g/mol. The molecule has 1 amide bonds. The molecule has 0 radical (unpaired) electrons. The van der Waals surface area contributed by atoms with Crippen molar-refractivity contribution in [2.45, 2.75) is 13.1 Å². The molecular weight excluding hydrogens is 398 g/mol. The Bertz CT molecular complexity index is 1070. The van der Waals surface area contributed by atoms with E-state index in [0.29, 0.717) is 30.2 Å². The summed E-state index contributed by atoms with van der Waals surface area (Å²) < 4.78 is 1.54. The Morgan fingerprint density at radius 1 is 0.833 bits per heavy atom. The molecule has 5 nitrogen and oxygen atoms in total. The lowest BCUT2D eigenvalue weighted by atomic mass is 10.1. The standard InChI is InChI=1S/C24H24ClN3O2/c25-22-9-5-4-8-20(22)17-28-18-21(10-11-23(28)29)24(30)27-14-12-26(13-15-27)16-19-6-2-1-3-7-19/h1-11,18H,12-17H2. The Kier molecular flexibility index (Phi) is 6.31. The summed E-state index contributed by atoms with van der Waals surface area (Å²) in [6.45, 7) is 4.25. The van der Waals surface area contributed by atoms with Crippen LogP contribution in [0.3, 0.4) is 0 Å². The zero-order valence-corrected chi connectivity index (χ0v) is 17.5. The number of rotatable bonds is 5. The Hall–Kier alpha value is -2.89. The van der Waals surface area contributed by atoms with Crippen LogP contribution in [0.2, 0.25) is 5.02 Å². The number of carbonyl (C=O) groups excluding carboxylic acids is 1. The van der Waals surface area contributed by atoms with E-state index in [4.69, 9.17) is 11.6 Å². The Labute approximate surface area is 181 Å². The number of amides is 1. The number of piperazine rings is 1. The van der Waals surface area contributed by atoms with E-state index in [2.05, 4.69) is 17.0 Å². The van der Waals surface area contributed by atoms with Gasteiger partial charge in [0.05, 0.1) is 12.1 Å². The van der Waals surface area contributed by atoms with E-state index in [1.807, 2.05) is 41.3 Å². The van der Waals surface area contributed by atoms with Crippen LogP contribution in [-0.4, -0.2) is 46.5 Å². The number of carbonyl (C=O) groups is 1. The largest absolute Gasteiger partial charge is 0.336 e. The zero-order valence-electron chi connectivity index (χ0n) is 16.7. The molecule has 1 aliphatic rings. The van der Waals surface area contributed by atoms with Crippen LogP contribution in [0.5, 0.6) is 0 Å².